The Hall–Kier alpha value is -2.34. The summed E-state index contributed by atoms with van der Waals surface area (Å²) in [7, 11) is 3.98. The minimum atomic E-state index is 0.0524. The van der Waals surface area contributed by atoms with Gasteiger partial charge in [0.05, 0.1) is 6.54 Å². The summed E-state index contributed by atoms with van der Waals surface area (Å²) in [6, 6.07) is 7.73. The van der Waals surface area contributed by atoms with Gasteiger partial charge >= 0.3 is 0 Å². The van der Waals surface area contributed by atoms with Crippen molar-refractivity contribution in [2.24, 2.45) is 0 Å². The van der Waals surface area contributed by atoms with Gasteiger partial charge in [-0.15, -0.1) is 0 Å². The summed E-state index contributed by atoms with van der Waals surface area (Å²) >= 11 is 0. The van der Waals surface area contributed by atoms with Crippen molar-refractivity contribution in [1.29, 1.82) is 0 Å². The molecule has 1 amide bonds. The monoisotopic (exact) mass is 355 g/mol. The number of carbonyl (C=O) groups excluding carboxylic acids is 1. The summed E-state index contributed by atoms with van der Waals surface area (Å²) in [6.45, 7) is 2.73. The van der Waals surface area contributed by atoms with Crippen molar-refractivity contribution < 1.29 is 13.9 Å². The number of anilines is 1. The summed E-state index contributed by atoms with van der Waals surface area (Å²) in [5, 5.41) is 0. The minimum Gasteiger partial charge on any atom is -0.445 e. The molecular formula is C20H25N3O3. The maximum absolute atomic E-state index is 12.8. The Morgan fingerprint density at radius 2 is 1.92 bits per heavy atom. The van der Waals surface area contributed by atoms with Crippen LogP contribution in [0.2, 0.25) is 0 Å². The first-order chi connectivity index (χ1) is 12.6. The fourth-order valence-corrected chi connectivity index (χ4v) is 3.60. The number of amides is 1. The quantitative estimate of drug-likeness (QED) is 0.847. The largest absolute Gasteiger partial charge is 0.445 e. The van der Waals surface area contributed by atoms with Gasteiger partial charge in [0.15, 0.2) is 5.89 Å². The molecule has 0 aliphatic carbocycles. The molecule has 1 fully saturated rings. The van der Waals surface area contributed by atoms with E-state index < -0.39 is 0 Å². The van der Waals surface area contributed by atoms with Gasteiger partial charge in [-0.3, -0.25) is 4.79 Å². The SMILES string of the molecule is CN(C)c1ccc(C(=O)N2CCc3oc(C4CCOCC4)nc3C2)cc1. The third-order valence-electron chi connectivity index (χ3n) is 5.23. The Balaban J connectivity index is 1.47. The minimum absolute atomic E-state index is 0.0524. The highest BCUT2D eigenvalue weighted by atomic mass is 16.5. The normalized spacial score (nSPS) is 17.8. The van der Waals surface area contributed by atoms with Crippen molar-refractivity contribution in [2.75, 3.05) is 38.8 Å². The van der Waals surface area contributed by atoms with Gasteiger partial charge in [-0.1, -0.05) is 0 Å². The molecular weight excluding hydrogens is 330 g/mol. The zero-order chi connectivity index (χ0) is 18.1. The molecule has 4 rings (SSSR count). The second kappa shape index (κ2) is 7.11. The van der Waals surface area contributed by atoms with Crippen LogP contribution in [0.3, 0.4) is 0 Å². The van der Waals surface area contributed by atoms with Gasteiger partial charge < -0.3 is 19.0 Å². The lowest BCUT2D eigenvalue weighted by atomic mass is 10.0. The molecule has 0 bridgehead atoms. The number of nitrogens with zero attached hydrogens (tertiary/aromatic N) is 3. The predicted molar refractivity (Wildman–Crippen MR) is 98.5 cm³/mol. The first kappa shape index (κ1) is 17.1. The Morgan fingerprint density at radius 1 is 1.19 bits per heavy atom. The zero-order valence-corrected chi connectivity index (χ0v) is 15.4. The molecule has 26 heavy (non-hydrogen) atoms. The molecule has 3 heterocycles. The molecule has 2 aliphatic rings. The van der Waals surface area contributed by atoms with Gasteiger partial charge in [-0.05, 0) is 37.1 Å². The molecule has 0 radical (unpaired) electrons. The average molecular weight is 355 g/mol. The van der Waals surface area contributed by atoms with Crippen LogP contribution in [0.1, 0.15) is 46.5 Å². The molecule has 0 unspecified atom stereocenters. The topological polar surface area (TPSA) is 58.8 Å². The third kappa shape index (κ3) is 3.33. The smallest absolute Gasteiger partial charge is 0.254 e. The van der Waals surface area contributed by atoms with Crippen LogP contribution in [-0.2, 0) is 17.7 Å². The highest BCUT2D eigenvalue weighted by Crippen LogP contribution is 2.30. The second-order valence-electron chi connectivity index (χ2n) is 7.23. The van der Waals surface area contributed by atoms with E-state index in [9.17, 15) is 4.79 Å². The van der Waals surface area contributed by atoms with Crippen LogP contribution < -0.4 is 4.90 Å². The number of ether oxygens (including phenoxy) is 1. The van der Waals surface area contributed by atoms with Gasteiger partial charge in [-0.25, -0.2) is 4.98 Å². The van der Waals surface area contributed by atoms with Gasteiger partial charge in [0.1, 0.15) is 11.5 Å². The van der Waals surface area contributed by atoms with Crippen LogP contribution in [0.5, 0.6) is 0 Å². The van der Waals surface area contributed by atoms with E-state index in [1.165, 1.54) is 0 Å². The van der Waals surface area contributed by atoms with Crippen LogP contribution >= 0.6 is 0 Å². The maximum atomic E-state index is 12.8. The molecule has 0 N–H and O–H groups in total. The standard InChI is InChI=1S/C20H25N3O3/c1-22(2)16-5-3-15(4-6-16)20(24)23-10-7-18-17(13-23)21-19(26-18)14-8-11-25-12-9-14/h3-6,14H,7-13H2,1-2H3. The summed E-state index contributed by atoms with van der Waals surface area (Å²) in [5.74, 6) is 2.16. The van der Waals surface area contributed by atoms with Gasteiger partial charge in [0.2, 0.25) is 0 Å². The van der Waals surface area contributed by atoms with Crippen LogP contribution in [0, 0.1) is 0 Å². The first-order valence-electron chi connectivity index (χ1n) is 9.24. The fourth-order valence-electron chi connectivity index (χ4n) is 3.60. The number of hydrogen-bond acceptors (Lipinski definition) is 5. The number of fused-ring (bicyclic) bond motifs is 1. The Kier molecular flexibility index (Phi) is 4.68. The summed E-state index contributed by atoms with van der Waals surface area (Å²) < 4.78 is 11.4. The lowest BCUT2D eigenvalue weighted by Gasteiger charge is -2.25. The van der Waals surface area contributed by atoms with Crippen LogP contribution in [-0.4, -0.2) is 49.6 Å². The van der Waals surface area contributed by atoms with E-state index in [2.05, 4.69) is 0 Å². The molecule has 2 aromatic rings. The molecule has 6 nitrogen and oxygen atoms in total. The highest BCUT2D eigenvalue weighted by Gasteiger charge is 2.29. The Morgan fingerprint density at radius 3 is 2.62 bits per heavy atom. The second-order valence-corrected chi connectivity index (χ2v) is 7.23. The first-order valence-corrected chi connectivity index (χ1v) is 9.24. The lowest BCUT2D eigenvalue weighted by molar-refractivity contribution is 0.0726. The van der Waals surface area contributed by atoms with Crippen LogP contribution in [0.25, 0.3) is 0 Å². The number of hydrogen-bond donors (Lipinski definition) is 0. The van der Waals surface area contributed by atoms with E-state index in [4.69, 9.17) is 14.1 Å². The zero-order valence-electron chi connectivity index (χ0n) is 15.4. The summed E-state index contributed by atoms with van der Waals surface area (Å²) in [6.07, 6.45) is 2.65. The van der Waals surface area contributed by atoms with E-state index in [0.717, 1.165) is 55.5 Å². The third-order valence-corrected chi connectivity index (χ3v) is 5.23. The van der Waals surface area contributed by atoms with Crippen molar-refractivity contribution in [3.63, 3.8) is 0 Å². The maximum Gasteiger partial charge on any atom is 0.254 e. The molecule has 1 aromatic carbocycles. The fraction of sp³-hybridized carbons (Fsp3) is 0.500. The van der Waals surface area contributed by atoms with E-state index >= 15 is 0 Å². The summed E-state index contributed by atoms with van der Waals surface area (Å²) in [4.78, 5) is 21.4. The lowest BCUT2D eigenvalue weighted by Crippen LogP contribution is -2.35. The van der Waals surface area contributed by atoms with Crippen LogP contribution in [0.4, 0.5) is 5.69 Å². The van der Waals surface area contributed by atoms with Crippen molar-refractivity contribution in [1.82, 2.24) is 9.88 Å². The van der Waals surface area contributed by atoms with Crippen molar-refractivity contribution in [3.05, 3.63) is 47.2 Å². The van der Waals surface area contributed by atoms with Crippen molar-refractivity contribution in [3.8, 4) is 0 Å². The number of aromatic nitrogens is 1. The molecule has 1 aromatic heterocycles. The highest BCUT2D eigenvalue weighted by molar-refractivity contribution is 5.94. The van der Waals surface area contributed by atoms with E-state index in [1.54, 1.807) is 0 Å². The molecule has 6 heteroatoms. The van der Waals surface area contributed by atoms with Gasteiger partial charge in [-0.2, -0.15) is 0 Å². The van der Waals surface area contributed by atoms with Crippen molar-refractivity contribution >= 4 is 11.6 Å². The molecule has 0 saturated carbocycles. The van der Waals surface area contributed by atoms with E-state index in [0.29, 0.717) is 24.6 Å². The number of oxazole rings is 1. The van der Waals surface area contributed by atoms with E-state index in [1.807, 2.05) is 48.2 Å². The number of carbonyl (C=O) groups is 1. The number of benzene rings is 1. The number of rotatable bonds is 3. The molecule has 138 valence electrons. The molecule has 2 aliphatic heterocycles. The van der Waals surface area contributed by atoms with Crippen LogP contribution in [0.15, 0.2) is 28.7 Å². The molecule has 1 saturated heterocycles. The molecule has 0 spiro atoms. The van der Waals surface area contributed by atoms with E-state index in [-0.39, 0.29) is 5.91 Å². The van der Waals surface area contributed by atoms with Gasteiger partial charge in [0, 0.05) is 57.4 Å². The summed E-state index contributed by atoms with van der Waals surface area (Å²) in [5.41, 5.74) is 2.71. The van der Waals surface area contributed by atoms with Crippen molar-refractivity contribution in [2.45, 2.75) is 31.7 Å². The predicted octanol–water partition coefficient (Wildman–Crippen LogP) is 2.83. The Labute approximate surface area is 153 Å². The molecule has 0 atom stereocenters. The van der Waals surface area contributed by atoms with Gasteiger partial charge in [0.25, 0.3) is 5.91 Å². The Bertz CT molecular complexity index is 776. The average Bonchev–Trinajstić information content (AvgIpc) is 3.11.